The molecule has 160 valence electrons. The van der Waals surface area contributed by atoms with Crippen molar-refractivity contribution in [2.45, 2.75) is 19.3 Å². The van der Waals surface area contributed by atoms with Crippen LogP contribution in [0.4, 0.5) is 0 Å². The first-order chi connectivity index (χ1) is 14.8. The quantitative estimate of drug-likeness (QED) is 0.230. The van der Waals surface area contributed by atoms with Gasteiger partial charge in [-0.2, -0.15) is 0 Å². The highest BCUT2D eigenvalue weighted by molar-refractivity contribution is 6.28. The van der Waals surface area contributed by atoms with Gasteiger partial charge in [0.05, 0.1) is 18.4 Å². The average Bonchev–Trinajstić information content (AvgIpc) is 3.20. The lowest BCUT2D eigenvalue weighted by molar-refractivity contribution is -0.152. The molecule has 0 saturated heterocycles. The van der Waals surface area contributed by atoms with Crippen LogP contribution in [0.1, 0.15) is 61.9 Å². The van der Waals surface area contributed by atoms with Crippen molar-refractivity contribution in [2.75, 3.05) is 13.2 Å². The molecule has 0 amide bonds. The first-order valence-corrected chi connectivity index (χ1v) is 9.16. The first-order valence-electron chi connectivity index (χ1n) is 9.16. The van der Waals surface area contributed by atoms with Crippen molar-refractivity contribution >= 4 is 35.3 Å². The molecule has 0 fully saturated rings. The minimum Gasteiger partial charge on any atom is -0.481 e. The van der Waals surface area contributed by atoms with E-state index in [9.17, 15) is 28.8 Å². The number of ether oxygens (including phenoxy) is 2. The highest BCUT2D eigenvalue weighted by Crippen LogP contribution is 2.30. The Bertz CT molecular complexity index is 1040. The number of Topliss-reactive ketones (excluding diaryl/α,β-unsaturated/α-hetero) is 1. The molecule has 10 nitrogen and oxygen atoms in total. The molecule has 10 heteroatoms. The summed E-state index contributed by atoms with van der Waals surface area (Å²) in [6.07, 6.45) is -1.41. The number of carboxylic acid groups (broad SMARTS) is 1. The van der Waals surface area contributed by atoms with Gasteiger partial charge in [-0.05, 0) is 6.07 Å². The van der Waals surface area contributed by atoms with Crippen LogP contribution in [0.2, 0.25) is 0 Å². The predicted molar refractivity (Wildman–Crippen MR) is 99.8 cm³/mol. The molecule has 1 heterocycles. The number of fused-ring (bicyclic) bond motifs is 2. The summed E-state index contributed by atoms with van der Waals surface area (Å²) in [5.74, 6) is -5.19. The Morgan fingerprint density at radius 2 is 1.45 bits per heavy atom. The van der Waals surface area contributed by atoms with Crippen LogP contribution in [0.5, 0.6) is 0 Å². The number of ketones is 3. The van der Waals surface area contributed by atoms with Crippen molar-refractivity contribution in [1.29, 1.82) is 0 Å². The van der Waals surface area contributed by atoms with Crippen molar-refractivity contribution in [3.63, 3.8) is 0 Å². The number of carbonyl (C=O) groups excluding carboxylic acids is 5. The molecule has 0 saturated carbocycles. The Balaban J connectivity index is 1.53. The first kappa shape index (κ1) is 21.6. The van der Waals surface area contributed by atoms with E-state index in [2.05, 4.69) is 4.74 Å². The summed E-state index contributed by atoms with van der Waals surface area (Å²) in [4.78, 5) is 70.7. The summed E-state index contributed by atoms with van der Waals surface area (Å²) < 4.78 is 14.7. The maximum absolute atomic E-state index is 12.5. The zero-order valence-electron chi connectivity index (χ0n) is 16.0. The lowest BCUT2D eigenvalue weighted by Gasteiger charge is -2.11. The van der Waals surface area contributed by atoms with Crippen LogP contribution < -0.4 is 0 Å². The van der Waals surface area contributed by atoms with Gasteiger partial charge in [0.2, 0.25) is 11.6 Å². The second-order valence-electron chi connectivity index (χ2n) is 6.49. The van der Waals surface area contributed by atoms with Gasteiger partial charge in [0, 0.05) is 11.1 Å². The van der Waals surface area contributed by atoms with Gasteiger partial charge in [-0.3, -0.25) is 28.8 Å². The predicted octanol–water partition coefficient (Wildman–Crippen LogP) is 1.58. The summed E-state index contributed by atoms with van der Waals surface area (Å²) in [6, 6.07) is 7.32. The van der Waals surface area contributed by atoms with Crippen molar-refractivity contribution in [1.82, 2.24) is 0 Å². The summed E-state index contributed by atoms with van der Waals surface area (Å²) in [6.45, 7) is -0.624. The molecule has 0 atom stereocenters. The number of carboxylic acids is 1. The van der Waals surface area contributed by atoms with E-state index in [1.807, 2.05) is 0 Å². The summed E-state index contributed by atoms with van der Waals surface area (Å²) in [7, 11) is 0. The second kappa shape index (κ2) is 9.16. The lowest BCUT2D eigenvalue weighted by atomic mass is 9.88. The van der Waals surface area contributed by atoms with Gasteiger partial charge in [-0.1, -0.05) is 24.3 Å². The van der Waals surface area contributed by atoms with E-state index in [1.165, 1.54) is 12.1 Å². The van der Waals surface area contributed by atoms with E-state index in [0.717, 1.165) is 6.07 Å². The van der Waals surface area contributed by atoms with Crippen LogP contribution >= 0.6 is 0 Å². The average molecular weight is 428 g/mol. The molecule has 1 N–H and O–H groups in total. The molecular formula is C21H16O10. The molecule has 3 rings (SSSR count). The van der Waals surface area contributed by atoms with Crippen molar-refractivity contribution in [3.8, 4) is 0 Å². The van der Waals surface area contributed by atoms with Crippen LogP contribution in [-0.4, -0.2) is 53.6 Å². The van der Waals surface area contributed by atoms with Gasteiger partial charge in [-0.15, -0.1) is 0 Å². The van der Waals surface area contributed by atoms with Crippen molar-refractivity contribution < 1.29 is 47.8 Å². The third-order valence-corrected chi connectivity index (χ3v) is 4.33. The number of aliphatic carboxylic acids is 1. The largest absolute Gasteiger partial charge is 0.481 e. The third kappa shape index (κ3) is 4.92. The topological polar surface area (TPSA) is 154 Å². The number of hydrogen-bond acceptors (Lipinski definition) is 9. The maximum Gasteiger partial charge on any atom is 0.313 e. The molecule has 1 aromatic heterocycles. The summed E-state index contributed by atoms with van der Waals surface area (Å²) >= 11 is 0. The van der Waals surface area contributed by atoms with E-state index < -0.39 is 41.7 Å². The Kier molecular flexibility index (Phi) is 6.39. The van der Waals surface area contributed by atoms with Crippen LogP contribution in [0.15, 0.2) is 34.7 Å². The van der Waals surface area contributed by atoms with E-state index in [0.29, 0.717) is 0 Å². The Morgan fingerprint density at radius 1 is 0.839 bits per heavy atom. The third-order valence-electron chi connectivity index (χ3n) is 4.33. The Morgan fingerprint density at radius 3 is 2.10 bits per heavy atom. The molecule has 2 aromatic rings. The smallest absolute Gasteiger partial charge is 0.313 e. The minimum atomic E-state index is -1.14. The van der Waals surface area contributed by atoms with Crippen LogP contribution in [0.3, 0.4) is 0 Å². The molecule has 0 radical (unpaired) electrons. The highest BCUT2D eigenvalue weighted by atomic mass is 16.6. The van der Waals surface area contributed by atoms with E-state index in [1.54, 1.807) is 12.1 Å². The van der Waals surface area contributed by atoms with E-state index >= 15 is 0 Å². The molecule has 31 heavy (non-hydrogen) atoms. The number of esters is 2. The molecule has 1 aliphatic carbocycles. The van der Waals surface area contributed by atoms with Gasteiger partial charge in [0.15, 0.2) is 17.3 Å². The monoisotopic (exact) mass is 428 g/mol. The van der Waals surface area contributed by atoms with Crippen LogP contribution in [0.25, 0.3) is 0 Å². The zero-order chi connectivity index (χ0) is 22.5. The van der Waals surface area contributed by atoms with E-state index in [-0.39, 0.29) is 54.3 Å². The molecule has 1 aliphatic rings. The highest BCUT2D eigenvalue weighted by Gasteiger charge is 2.34. The Labute approximate surface area is 174 Å². The van der Waals surface area contributed by atoms with Gasteiger partial charge < -0.3 is 19.0 Å². The number of benzene rings is 1. The molecular weight excluding hydrogens is 412 g/mol. The van der Waals surface area contributed by atoms with E-state index in [4.69, 9.17) is 14.3 Å². The maximum atomic E-state index is 12.5. The van der Waals surface area contributed by atoms with Crippen molar-refractivity contribution in [3.05, 3.63) is 58.5 Å². The molecule has 0 spiro atoms. The molecule has 0 aliphatic heterocycles. The summed E-state index contributed by atoms with van der Waals surface area (Å²) in [5.41, 5.74) is 0.330. The zero-order valence-corrected chi connectivity index (χ0v) is 16.0. The fourth-order valence-electron chi connectivity index (χ4n) is 2.87. The van der Waals surface area contributed by atoms with Crippen molar-refractivity contribution in [2.24, 2.45) is 0 Å². The number of rotatable bonds is 9. The van der Waals surface area contributed by atoms with Gasteiger partial charge in [-0.25, -0.2) is 0 Å². The fraction of sp³-hybridized carbons (Fsp3) is 0.238. The van der Waals surface area contributed by atoms with Crippen LogP contribution in [-0.2, 0) is 23.9 Å². The van der Waals surface area contributed by atoms with Crippen LogP contribution in [0, 0.1) is 0 Å². The standard InChI is InChI=1S/C21H16O10/c22-14(10-18(26)30-8-7-29-17(25)6-5-16(23)24)15-9-13-19(27)11-3-1-2-4-12(11)20(28)21(13)31-15/h1-4,9H,5-8,10H2,(H,23,24). The van der Waals surface area contributed by atoms with Gasteiger partial charge in [0.25, 0.3) is 0 Å². The minimum absolute atomic E-state index is 0.0475. The molecule has 0 unspecified atom stereocenters. The van der Waals surface area contributed by atoms with Gasteiger partial charge in [0.1, 0.15) is 19.6 Å². The molecule has 0 bridgehead atoms. The SMILES string of the molecule is O=C(O)CCC(=O)OCCOC(=O)CC(=O)c1cc2c(o1)C(=O)c1ccccc1C2=O. The number of furan rings is 1. The second-order valence-corrected chi connectivity index (χ2v) is 6.49. The number of carbonyl (C=O) groups is 6. The fourth-order valence-corrected chi connectivity index (χ4v) is 2.87. The Hall–Kier alpha value is -4.08. The van der Waals surface area contributed by atoms with Gasteiger partial charge >= 0.3 is 17.9 Å². The molecule has 1 aromatic carbocycles. The number of hydrogen-bond donors (Lipinski definition) is 1. The summed E-state index contributed by atoms with van der Waals surface area (Å²) in [5, 5.41) is 8.46. The normalized spacial score (nSPS) is 12.0. The lowest BCUT2D eigenvalue weighted by Crippen LogP contribution is -2.18.